The number of hydrogen-bond donors (Lipinski definition) is 1. The Morgan fingerprint density at radius 2 is 1.75 bits per heavy atom. The van der Waals surface area contributed by atoms with Crippen molar-refractivity contribution in [2.45, 2.75) is 18.7 Å². The first-order valence-corrected chi connectivity index (χ1v) is 5.81. The summed E-state index contributed by atoms with van der Waals surface area (Å²) in [6.07, 6.45) is -2.76. The molecule has 2 aromatic rings. The van der Waals surface area contributed by atoms with Crippen molar-refractivity contribution in [1.82, 2.24) is 4.98 Å². The van der Waals surface area contributed by atoms with Crippen molar-refractivity contribution in [1.29, 1.82) is 0 Å². The lowest BCUT2D eigenvalue weighted by atomic mass is 10.00. The summed E-state index contributed by atoms with van der Waals surface area (Å²) in [5, 5.41) is 9.93. The van der Waals surface area contributed by atoms with Gasteiger partial charge in [-0.1, -0.05) is 0 Å². The maximum atomic E-state index is 13.2. The molecule has 2 nitrogen and oxygen atoms in total. The number of aliphatic hydroxyl groups is 1. The van der Waals surface area contributed by atoms with Crippen LogP contribution in [0.2, 0.25) is 0 Å². The van der Waals surface area contributed by atoms with E-state index in [1.165, 1.54) is 12.4 Å². The zero-order chi connectivity index (χ0) is 14.8. The van der Waals surface area contributed by atoms with Crippen molar-refractivity contribution in [3.8, 4) is 0 Å². The second-order valence-corrected chi connectivity index (χ2v) is 4.35. The molecule has 6 heteroatoms. The van der Waals surface area contributed by atoms with E-state index in [0.29, 0.717) is 11.6 Å². The van der Waals surface area contributed by atoms with Gasteiger partial charge in [0.2, 0.25) is 0 Å². The minimum absolute atomic E-state index is 0.0866. The summed E-state index contributed by atoms with van der Waals surface area (Å²) in [6.45, 7) is 0. The highest BCUT2D eigenvalue weighted by Gasteiger charge is 2.31. The summed E-state index contributed by atoms with van der Waals surface area (Å²) in [4.78, 5) is 3.80. The Labute approximate surface area is 112 Å². The predicted molar refractivity (Wildman–Crippen MR) is 64.3 cm³/mol. The molecular weight excluding hydrogens is 274 g/mol. The number of aliphatic hydroxyl groups excluding tert-OH is 1. The van der Waals surface area contributed by atoms with E-state index in [1.54, 1.807) is 12.1 Å². The quantitative estimate of drug-likeness (QED) is 0.875. The molecule has 0 aliphatic rings. The molecular formula is C14H11F4NO. The van der Waals surface area contributed by atoms with E-state index in [2.05, 4.69) is 4.98 Å². The third-order valence-corrected chi connectivity index (χ3v) is 2.81. The highest BCUT2D eigenvalue weighted by molar-refractivity contribution is 5.29. The molecule has 0 aliphatic carbocycles. The van der Waals surface area contributed by atoms with E-state index in [9.17, 15) is 22.7 Å². The molecule has 1 heterocycles. The molecule has 1 aromatic heterocycles. The number of rotatable bonds is 3. The van der Waals surface area contributed by atoms with Crippen LogP contribution >= 0.6 is 0 Å². The summed E-state index contributed by atoms with van der Waals surface area (Å²) in [5.41, 5.74) is -0.513. The van der Waals surface area contributed by atoms with E-state index >= 15 is 0 Å². The number of pyridine rings is 1. The smallest absolute Gasteiger partial charge is 0.388 e. The zero-order valence-electron chi connectivity index (χ0n) is 10.2. The average Bonchev–Trinajstić information content (AvgIpc) is 2.38. The zero-order valence-corrected chi connectivity index (χ0v) is 10.2. The number of nitrogens with zero attached hydrogens (tertiary/aromatic N) is 1. The molecule has 1 unspecified atom stereocenters. The molecule has 2 rings (SSSR count). The molecule has 0 spiro atoms. The second-order valence-electron chi connectivity index (χ2n) is 4.35. The van der Waals surface area contributed by atoms with Gasteiger partial charge in [-0.05, 0) is 41.5 Å². The van der Waals surface area contributed by atoms with Gasteiger partial charge in [0, 0.05) is 18.8 Å². The third-order valence-electron chi connectivity index (χ3n) is 2.81. The van der Waals surface area contributed by atoms with Gasteiger partial charge in [-0.15, -0.1) is 0 Å². The minimum atomic E-state index is -4.65. The van der Waals surface area contributed by atoms with Gasteiger partial charge in [0.1, 0.15) is 5.82 Å². The largest absolute Gasteiger partial charge is 0.416 e. The lowest BCUT2D eigenvalue weighted by Crippen LogP contribution is -2.09. The molecule has 0 amide bonds. The molecule has 0 fully saturated rings. The highest BCUT2D eigenvalue weighted by atomic mass is 19.4. The van der Waals surface area contributed by atoms with Gasteiger partial charge < -0.3 is 5.11 Å². The van der Waals surface area contributed by atoms with Gasteiger partial charge in [0.25, 0.3) is 0 Å². The van der Waals surface area contributed by atoms with Gasteiger partial charge in [0.05, 0.1) is 11.7 Å². The molecule has 1 N–H and O–H groups in total. The van der Waals surface area contributed by atoms with Crippen molar-refractivity contribution in [3.63, 3.8) is 0 Å². The van der Waals surface area contributed by atoms with Crippen LogP contribution in [0.25, 0.3) is 0 Å². The van der Waals surface area contributed by atoms with Crippen LogP contribution in [0.4, 0.5) is 17.6 Å². The molecule has 0 bridgehead atoms. The molecule has 0 saturated heterocycles. The van der Waals surface area contributed by atoms with Crippen LogP contribution in [-0.2, 0) is 12.6 Å². The number of halogens is 4. The number of alkyl halides is 3. The molecule has 0 aliphatic heterocycles. The first-order chi connectivity index (χ1) is 9.36. The maximum absolute atomic E-state index is 13.2. The van der Waals surface area contributed by atoms with Crippen LogP contribution in [0.1, 0.15) is 22.8 Å². The normalized spacial score (nSPS) is 13.2. The fraction of sp³-hybridized carbons (Fsp3) is 0.214. The van der Waals surface area contributed by atoms with Gasteiger partial charge in [0.15, 0.2) is 0 Å². The van der Waals surface area contributed by atoms with Crippen LogP contribution in [0, 0.1) is 5.82 Å². The molecule has 1 aromatic carbocycles. The maximum Gasteiger partial charge on any atom is 0.416 e. The van der Waals surface area contributed by atoms with Crippen LogP contribution in [-0.4, -0.2) is 10.1 Å². The Morgan fingerprint density at radius 1 is 1.10 bits per heavy atom. The highest BCUT2D eigenvalue weighted by Crippen LogP contribution is 2.32. The summed E-state index contributed by atoms with van der Waals surface area (Å²) in [5.74, 6) is -1.02. The number of benzene rings is 1. The first-order valence-electron chi connectivity index (χ1n) is 5.81. The molecule has 20 heavy (non-hydrogen) atoms. The Morgan fingerprint density at radius 3 is 2.35 bits per heavy atom. The summed E-state index contributed by atoms with van der Waals surface area (Å²) in [6, 6.07) is 5.33. The van der Waals surface area contributed by atoms with E-state index in [-0.39, 0.29) is 12.0 Å². The molecule has 0 saturated carbocycles. The van der Waals surface area contributed by atoms with Crippen molar-refractivity contribution < 1.29 is 22.7 Å². The lowest BCUT2D eigenvalue weighted by molar-refractivity contribution is -0.137. The minimum Gasteiger partial charge on any atom is -0.388 e. The molecule has 0 radical (unpaired) electrons. The Kier molecular flexibility index (Phi) is 4.04. The number of hydrogen-bond acceptors (Lipinski definition) is 2. The van der Waals surface area contributed by atoms with Crippen LogP contribution in [0.3, 0.4) is 0 Å². The average molecular weight is 285 g/mol. The second kappa shape index (κ2) is 5.58. The molecule has 106 valence electrons. The fourth-order valence-corrected chi connectivity index (χ4v) is 1.83. The number of aromatic nitrogens is 1. The van der Waals surface area contributed by atoms with Crippen molar-refractivity contribution >= 4 is 0 Å². The summed E-state index contributed by atoms with van der Waals surface area (Å²) in [7, 11) is 0. The van der Waals surface area contributed by atoms with Crippen LogP contribution in [0.5, 0.6) is 0 Å². The van der Waals surface area contributed by atoms with Crippen molar-refractivity contribution in [2.24, 2.45) is 0 Å². The van der Waals surface area contributed by atoms with E-state index in [0.717, 1.165) is 12.1 Å². The van der Waals surface area contributed by atoms with Crippen LogP contribution < -0.4 is 0 Å². The predicted octanol–water partition coefficient (Wildman–Crippen LogP) is 3.52. The third kappa shape index (κ3) is 3.54. The lowest BCUT2D eigenvalue weighted by Gasteiger charge is -2.14. The Bertz CT molecular complexity index is 583. The fourth-order valence-electron chi connectivity index (χ4n) is 1.83. The molecule has 1 atom stereocenters. The summed E-state index contributed by atoms with van der Waals surface area (Å²) >= 11 is 0. The standard InChI is InChI=1S/C14H11F4NO/c15-12-7-10(6-11(8-12)14(16,17)18)13(20)5-9-1-3-19-4-2-9/h1-4,6-8,13,20H,5H2. The Hall–Kier alpha value is -1.95. The van der Waals surface area contributed by atoms with Gasteiger partial charge in [-0.3, -0.25) is 4.98 Å². The van der Waals surface area contributed by atoms with Gasteiger partial charge in [-0.25, -0.2) is 4.39 Å². The SMILES string of the molecule is OC(Cc1ccncc1)c1cc(F)cc(C(F)(F)F)c1. The van der Waals surface area contributed by atoms with E-state index in [4.69, 9.17) is 0 Å². The Balaban J connectivity index is 2.26. The van der Waals surface area contributed by atoms with E-state index in [1.807, 2.05) is 0 Å². The topological polar surface area (TPSA) is 33.1 Å². The van der Waals surface area contributed by atoms with Gasteiger partial charge in [-0.2, -0.15) is 13.2 Å². The van der Waals surface area contributed by atoms with Crippen molar-refractivity contribution in [3.05, 3.63) is 65.2 Å². The van der Waals surface area contributed by atoms with Crippen molar-refractivity contribution in [2.75, 3.05) is 0 Å². The first kappa shape index (κ1) is 14.5. The monoisotopic (exact) mass is 285 g/mol. The van der Waals surface area contributed by atoms with E-state index < -0.39 is 23.7 Å². The summed E-state index contributed by atoms with van der Waals surface area (Å²) < 4.78 is 51.0. The van der Waals surface area contributed by atoms with Crippen LogP contribution in [0.15, 0.2) is 42.7 Å². The van der Waals surface area contributed by atoms with Gasteiger partial charge >= 0.3 is 6.18 Å².